The minimum absolute atomic E-state index is 0.113. The summed E-state index contributed by atoms with van der Waals surface area (Å²) in [6.45, 7) is 1.98. The largest absolute Gasteiger partial charge is 0.326 e. The number of rotatable bonds is 3. The number of carbonyl (C=O) groups excluding carboxylic acids is 1. The Kier molecular flexibility index (Phi) is 3.99. The maximum atomic E-state index is 12.2. The van der Waals surface area contributed by atoms with Gasteiger partial charge in [-0.2, -0.15) is 0 Å². The van der Waals surface area contributed by atoms with Gasteiger partial charge in [0.1, 0.15) is 0 Å². The molecule has 2 aliphatic rings. The second-order valence-electron chi connectivity index (χ2n) is 6.19. The molecule has 2 bridgehead atoms. The molecule has 0 radical (unpaired) electrons. The fraction of sp³-hybridized carbons (Fsp3) is 0.562. The molecule has 108 valence electrons. The number of halogens is 1. The van der Waals surface area contributed by atoms with Crippen LogP contribution in [-0.2, 0) is 4.79 Å². The first kappa shape index (κ1) is 13.9. The summed E-state index contributed by atoms with van der Waals surface area (Å²) in [5.74, 6) is 0.634. The lowest BCUT2D eigenvalue weighted by atomic mass is 9.89. The molecule has 1 aromatic rings. The molecule has 3 rings (SSSR count). The fourth-order valence-electron chi connectivity index (χ4n) is 3.53. The van der Waals surface area contributed by atoms with Crippen molar-refractivity contribution in [3.05, 3.63) is 28.8 Å². The number of carbonyl (C=O) groups is 1. The molecule has 0 saturated carbocycles. The molecule has 2 saturated heterocycles. The molecule has 0 spiro atoms. The average Bonchev–Trinajstić information content (AvgIpc) is 2.73. The van der Waals surface area contributed by atoms with Crippen LogP contribution in [0.2, 0.25) is 5.02 Å². The van der Waals surface area contributed by atoms with Crippen molar-refractivity contribution < 1.29 is 4.79 Å². The monoisotopic (exact) mass is 292 g/mol. The molecule has 2 aliphatic heterocycles. The maximum Gasteiger partial charge on any atom is 0.224 e. The van der Waals surface area contributed by atoms with Gasteiger partial charge in [-0.05, 0) is 56.2 Å². The highest BCUT2D eigenvalue weighted by Crippen LogP contribution is 2.33. The molecule has 0 aromatic heterocycles. The van der Waals surface area contributed by atoms with Gasteiger partial charge < -0.3 is 10.6 Å². The van der Waals surface area contributed by atoms with Gasteiger partial charge in [0, 0.05) is 29.2 Å². The van der Waals surface area contributed by atoms with Crippen LogP contribution in [0.15, 0.2) is 18.2 Å². The zero-order valence-corrected chi connectivity index (χ0v) is 12.5. The van der Waals surface area contributed by atoms with E-state index >= 15 is 0 Å². The van der Waals surface area contributed by atoms with E-state index in [1.165, 1.54) is 12.8 Å². The Morgan fingerprint density at radius 1 is 1.35 bits per heavy atom. The predicted molar refractivity (Wildman–Crippen MR) is 82.1 cm³/mol. The van der Waals surface area contributed by atoms with Crippen molar-refractivity contribution in [3.8, 4) is 0 Å². The van der Waals surface area contributed by atoms with E-state index in [4.69, 9.17) is 11.6 Å². The van der Waals surface area contributed by atoms with Gasteiger partial charge in [-0.3, -0.25) is 4.79 Å². The number of hydrogen-bond acceptors (Lipinski definition) is 2. The zero-order valence-electron chi connectivity index (χ0n) is 11.8. The summed E-state index contributed by atoms with van der Waals surface area (Å²) in [6, 6.07) is 6.87. The van der Waals surface area contributed by atoms with E-state index in [0.717, 1.165) is 24.1 Å². The Balaban J connectivity index is 1.58. The van der Waals surface area contributed by atoms with Crippen molar-refractivity contribution in [3.63, 3.8) is 0 Å². The van der Waals surface area contributed by atoms with Crippen LogP contribution in [-0.4, -0.2) is 18.0 Å². The van der Waals surface area contributed by atoms with Crippen LogP contribution in [0.5, 0.6) is 0 Å². The first-order chi connectivity index (χ1) is 9.60. The van der Waals surface area contributed by atoms with Gasteiger partial charge in [0.05, 0.1) is 0 Å². The van der Waals surface area contributed by atoms with Gasteiger partial charge in [0.2, 0.25) is 5.91 Å². The van der Waals surface area contributed by atoms with E-state index in [-0.39, 0.29) is 5.91 Å². The summed E-state index contributed by atoms with van der Waals surface area (Å²) >= 11 is 5.98. The molecular formula is C16H21ClN2O. The lowest BCUT2D eigenvalue weighted by Gasteiger charge is -2.28. The summed E-state index contributed by atoms with van der Waals surface area (Å²) in [5, 5.41) is 7.27. The molecule has 20 heavy (non-hydrogen) atoms. The van der Waals surface area contributed by atoms with Crippen LogP contribution in [0.4, 0.5) is 5.69 Å². The molecular weight excluding hydrogens is 272 g/mol. The van der Waals surface area contributed by atoms with Gasteiger partial charge in [0.25, 0.3) is 0 Å². The Morgan fingerprint density at radius 2 is 2.05 bits per heavy atom. The first-order valence-electron chi connectivity index (χ1n) is 7.42. The Hall–Kier alpha value is -1.06. The zero-order chi connectivity index (χ0) is 14.1. The molecule has 2 fully saturated rings. The minimum Gasteiger partial charge on any atom is -0.326 e. The molecule has 2 heterocycles. The third-order valence-corrected chi connectivity index (χ3v) is 4.75. The smallest absolute Gasteiger partial charge is 0.224 e. The summed E-state index contributed by atoms with van der Waals surface area (Å²) in [7, 11) is 0. The normalized spacial score (nSPS) is 28.4. The van der Waals surface area contributed by atoms with Crippen molar-refractivity contribution in [2.75, 3.05) is 5.32 Å². The lowest BCUT2D eigenvalue weighted by molar-refractivity contribution is -0.117. The Morgan fingerprint density at radius 3 is 2.75 bits per heavy atom. The predicted octanol–water partition coefficient (Wildman–Crippen LogP) is 3.51. The number of aryl methyl sites for hydroxylation is 1. The maximum absolute atomic E-state index is 12.2. The number of benzene rings is 1. The summed E-state index contributed by atoms with van der Waals surface area (Å²) < 4.78 is 0. The lowest BCUT2D eigenvalue weighted by Crippen LogP contribution is -2.39. The molecule has 2 unspecified atom stereocenters. The van der Waals surface area contributed by atoms with E-state index < -0.39 is 0 Å². The van der Waals surface area contributed by atoms with E-state index in [1.807, 2.05) is 25.1 Å². The second-order valence-corrected chi connectivity index (χ2v) is 6.62. The van der Waals surface area contributed by atoms with Crippen molar-refractivity contribution in [2.45, 2.75) is 51.1 Å². The quantitative estimate of drug-likeness (QED) is 0.895. The third kappa shape index (κ3) is 3.15. The standard InChI is InChI=1S/C16H21ClN2O/c1-10-2-3-12(17)9-15(10)19-16(20)8-11-6-13-4-5-14(7-11)18-13/h2-3,9,11,13-14,18H,4-8H2,1H3,(H,19,20). The minimum atomic E-state index is 0.113. The van der Waals surface area contributed by atoms with Crippen LogP contribution < -0.4 is 10.6 Å². The van der Waals surface area contributed by atoms with Gasteiger partial charge >= 0.3 is 0 Å². The average molecular weight is 293 g/mol. The van der Waals surface area contributed by atoms with Crippen molar-refractivity contribution >= 4 is 23.2 Å². The first-order valence-corrected chi connectivity index (χ1v) is 7.80. The van der Waals surface area contributed by atoms with Gasteiger partial charge in [-0.15, -0.1) is 0 Å². The fourth-order valence-corrected chi connectivity index (χ4v) is 3.71. The van der Waals surface area contributed by atoms with Gasteiger partial charge in [-0.1, -0.05) is 17.7 Å². The number of anilines is 1. The number of fused-ring (bicyclic) bond motifs is 2. The number of nitrogens with one attached hydrogen (secondary N) is 2. The van der Waals surface area contributed by atoms with Crippen LogP contribution >= 0.6 is 11.6 Å². The van der Waals surface area contributed by atoms with Crippen molar-refractivity contribution in [2.24, 2.45) is 5.92 Å². The number of hydrogen-bond donors (Lipinski definition) is 2. The highest BCUT2D eigenvalue weighted by molar-refractivity contribution is 6.31. The highest BCUT2D eigenvalue weighted by Gasteiger charge is 2.34. The topological polar surface area (TPSA) is 41.1 Å². The molecule has 2 atom stereocenters. The van der Waals surface area contributed by atoms with Crippen LogP contribution in [0, 0.1) is 12.8 Å². The molecule has 1 aromatic carbocycles. The molecule has 0 aliphatic carbocycles. The van der Waals surface area contributed by atoms with E-state index in [0.29, 0.717) is 29.4 Å². The molecule has 2 N–H and O–H groups in total. The van der Waals surface area contributed by atoms with Crippen molar-refractivity contribution in [1.82, 2.24) is 5.32 Å². The van der Waals surface area contributed by atoms with Crippen LogP contribution in [0.1, 0.15) is 37.7 Å². The number of amides is 1. The molecule has 3 nitrogen and oxygen atoms in total. The van der Waals surface area contributed by atoms with Gasteiger partial charge in [-0.25, -0.2) is 0 Å². The summed E-state index contributed by atoms with van der Waals surface area (Å²) in [5.41, 5.74) is 1.88. The third-order valence-electron chi connectivity index (χ3n) is 4.52. The van der Waals surface area contributed by atoms with E-state index in [9.17, 15) is 4.79 Å². The second kappa shape index (κ2) is 5.74. The Bertz CT molecular complexity index is 505. The SMILES string of the molecule is Cc1ccc(Cl)cc1NC(=O)CC1CC2CCC(C1)N2. The van der Waals surface area contributed by atoms with E-state index in [1.54, 1.807) is 0 Å². The Labute approximate surface area is 125 Å². The van der Waals surface area contributed by atoms with Crippen molar-refractivity contribution in [1.29, 1.82) is 0 Å². The molecule has 4 heteroatoms. The van der Waals surface area contributed by atoms with Gasteiger partial charge in [0.15, 0.2) is 0 Å². The number of piperidine rings is 1. The van der Waals surface area contributed by atoms with Crippen LogP contribution in [0.3, 0.4) is 0 Å². The summed E-state index contributed by atoms with van der Waals surface area (Å²) in [6.07, 6.45) is 5.45. The molecule has 1 amide bonds. The highest BCUT2D eigenvalue weighted by atomic mass is 35.5. The summed E-state index contributed by atoms with van der Waals surface area (Å²) in [4.78, 5) is 12.2. The van der Waals surface area contributed by atoms with E-state index in [2.05, 4.69) is 10.6 Å². The van der Waals surface area contributed by atoms with Crippen LogP contribution in [0.25, 0.3) is 0 Å².